The van der Waals surface area contributed by atoms with Gasteiger partial charge in [-0.05, 0) is 49.2 Å². The standard InChI is InChI=1S/C17H14ClNO2S/c1-10-7-11(2)17-14(18)9-15(19-16(17)8-10)12-3-5-13(6-4-12)22(20)21/h3-9H,1-2H3,(H,20,21). The van der Waals surface area contributed by atoms with Crippen molar-refractivity contribution >= 4 is 33.6 Å². The van der Waals surface area contributed by atoms with Crippen LogP contribution in [0.25, 0.3) is 22.2 Å². The second-order valence-electron chi connectivity index (χ2n) is 5.24. The average Bonchev–Trinajstić information content (AvgIpc) is 2.46. The van der Waals surface area contributed by atoms with Crippen molar-refractivity contribution in [3.05, 3.63) is 58.6 Å². The van der Waals surface area contributed by atoms with Crippen LogP contribution in [0, 0.1) is 13.8 Å². The van der Waals surface area contributed by atoms with Crippen LogP contribution in [0.4, 0.5) is 0 Å². The fraction of sp³-hybridized carbons (Fsp3) is 0.118. The molecule has 1 heterocycles. The molecule has 0 saturated heterocycles. The quantitative estimate of drug-likeness (QED) is 0.689. The monoisotopic (exact) mass is 331 g/mol. The van der Waals surface area contributed by atoms with E-state index in [2.05, 4.69) is 11.1 Å². The van der Waals surface area contributed by atoms with E-state index < -0.39 is 11.1 Å². The number of halogens is 1. The molecule has 1 unspecified atom stereocenters. The van der Waals surface area contributed by atoms with Crippen molar-refractivity contribution in [2.45, 2.75) is 18.7 Å². The summed E-state index contributed by atoms with van der Waals surface area (Å²) in [5.74, 6) is 0. The van der Waals surface area contributed by atoms with Gasteiger partial charge in [0.05, 0.1) is 21.1 Å². The summed E-state index contributed by atoms with van der Waals surface area (Å²) in [6, 6.07) is 12.7. The predicted octanol–water partition coefficient (Wildman–Crippen LogP) is 4.75. The van der Waals surface area contributed by atoms with E-state index in [1.807, 2.05) is 26.0 Å². The second-order valence-corrected chi connectivity index (χ2v) is 6.62. The van der Waals surface area contributed by atoms with Crippen LogP contribution in [0.2, 0.25) is 5.02 Å². The minimum atomic E-state index is -1.97. The van der Waals surface area contributed by atoms with E-state index >= 15 is 0 Å². The molecule has 3 aromatic rings. The molecule has 5 heteroatoms. The van der Waals surface area contributed by atoms with Crippen LogP contribution >= 0.6 is 11.6 Å². The third kappa shape index (κ3) is 2.77. The zero-order valence-electron chi connectivity index (χ0n) is 12.1. The van der Waals surface area contributed by atoms with Crippen molar-refractivity contribution in [2.75, 3.05) is 0 Å². The topological polar surface area (TPSA) is 50.2 Å². The van der Waals surface area contributed by atoms with E-state index in [0.717, 1.165) is 33.3 Å². The number of aryl methyl sites for hydroxylation is 2. The van der Waals surface area contributed by atoms with Gasteiger partial charge in [0.1, 0.15) is 0 Å². The maximum atomic E-state index is 11.0. The Morgan fingerprint density at radius 3 is 2.41 bits per heavy atom. The molecule has 22 heavy (non-hydrogen) atoms. The van der Waals surface area contributed by atoms with Gasteiger partial charge in [-0.1, -0.05) is 29.8 Å². The van der Waals surface area contributed by atoms with E-state index in [0.29, 0.717) is 9.92 Å². The fourth-order valence-corrected chi connectivity index (χ4v) is 3.31. The highest BCUT2D eigenvalue weighted by Crippen LogP contribution is 2.31. The van der Waals surface area contributed by atoms with Crippen molar-refractivity contribution in [2.24, 2.45) is 0 Å². The van der Waals surface area contributed by atoms with Gasteiger partial charge in [0.2, 0.25) is 0 Å². The zero-order chi connectivity index (χ0) is 15.9. The van der Waals surface area contributed by atoms with Crippen LogP contribution in [0.15, 0.2) is 47.4 Å². The molecule has 1 atom stereocenters. The van der Waals surface area contributed by atoms with Crippen molar-refractivity contribution in [1.82, 2.24) is 4.98 Å². The van der Waals surface area contributed by atoms with Crippen LogP contribution in [-0.4, -0.2) is 13.7 Å². The molecule has 112 valence electrons. The first-order valence-corrected chi connectivity index (χ1v) is 8.23. The van der Waals surface area contributed by atoms with Gasteiger partial charge in [0, 0.05) is 10.9 Å². The highest BCUT2D eigenvalue weighted by molar-refractivity contribution is 7.79. The summed E-state index contributed by atoms with van der Waals surface area (Å²) in [5, 5.41) is 1.62. The zero-order valence-corrected chi connectivity index (χ0v) is 13.7. The molecule has 0 aliphatic heterocycles. The van der Waals surface area contributed by atoms with E-state index in [9.17, 15) is 4.21 Å². The van der Waals surface area contributed by atoms with E-state index in [1.54, 1.807) is 24.3 Å². The summed E-state index contributed by atoms with van der Waals surface area (Å²) in [4.78, 5) is 5.04. The molecule has 1 aromatic heterocycles. The lowest BCUT2D eigenvalue weighted by Crippen LogP contribution is -1.91. The fourth-order valence-electron chi connectivity index (χ4n) is 2.59. The lowest BCUT2D eigenvalue weighted by molar-refractivity contribution is 0.564. The van der Waals surface area contributed by atoms with Crippen molar-refractivity contribution in [1.29, 1.82) is 0 Å². The Morgan fingerprint density at radius 2 is 1.77 bits per heavy atom. The molecule has 2 aromatic carbocycles. The minimum absolute atomic E-state index is 0.363. The first kappa shape index (κ1) is 15.2. The smallest absolute Gasteiger partial charge is 0.186 e. The molecule has 1 N–H and O–H groups in total. The molecular formula is C17H14ClNO2S. The summed E-state index contributed by atoms with van der Waals surface area (Å²) in [7, 11) is 0. The largest absolute Gasteiger partial charge is 0.302 e. The van der Waals surface area contributed by atoms with Crippen molar-refractivity contribution < 1.29 is 8.76 Å². The molecule has 3 rings (SSSR count). The number of hydrogen-bond acceptors (Lipinski definition) is 2. The molecule has 3 nitrogen and oxygen atoms in total. The summed E-state index contributed by atoms with van der Waals surface area (Å²) in [6.45, 7) is 4.05. The number of benzene rings is 2. The van der Waals surface area contributed by atoms with Gasteiger partial charge in [-0.15, -0.1) is 0 Å². The van der Waals surface area contributed by atoms with Crippen LogP contribution in [0.3, 0.4) is 0 Å². The molecule has 0 bridgehead atoms. The highest BCUT2D eigenvalue weighted by atomic mass is 35.5. The lowest BCUT2D eigenvalue weighted by Gasteiger charge is -2.09. The molecule has 0 amide bonds. The van der Waals surface area contributed by atoms with Crippen molar-refractivity contribution in [3.63, 3.8) is 0 Å². The summed E-state index contributed by atoms with van der Waals surface area (Å²) in [6.07, 6.45) is 0. The van der Waals surface area contributed by atoms with E-state index in [-0.39, 0.29) is 0 Å². The summed E-state index contributed by atoms with van der Waals surface area (Å²) in [5.41, 5.74) is 4.70. The Labute approximate surface area is 136 Å². The molecule has 0 aliphatic carbocycles. The molecule has 0 saturated carbocycles. The number of aromatic nitrogens is 1. The van der Waals surface area contributed by atoms with E-state index in [1.165, 1.54) is 0 Å². The van der Waals surface area contributed by atoms with Crippen LogP contribution in [-0.2, 0) is 11.1 Å². The molecular weight excluding hydrogens is 318 g/mol. The average molecular weight is 332 g/mol. The number of hydrogen-bond donors (Lipinski definition) is 1. The van der Waals surface area contributed by atoms with E-state index in [4.69, 9.17) is 16.2 Å². The van der Waals surface area contributed by atoms with Gasteiger partial charge in [0.25, 0.3) is 0 Å². The second kappa shape index (κ2) is 5.80. The molecule has 0 spiro atoms. The first-order chi connectivity index (χ1) is 10.5. The van der Waals surface area contributed by atoms with Crippen molar-refractivity contribution in [3.8, 4) is 11.3 Å². The van der Waals surface area contributed by atoms with Gasteiger partial charge in [-0.2, -0.15) is 0 Å². The van der Waals surface area contributed by atoms with Gasteiger partial charge in [-0.3, -0.25) is 0 Å². The summed E-state index contributed by atoms with van der Waals surface area (Å²) >= 11 is 4.45. The summed E-state index contributed by atoms with van der Waals surface area (Å²) < 4.78 is 20.1. The third-order valence-electron chi connectivity index (χ3n) is 3.55. The molecule has 0 radical (unpaired) electrons. The van der Waals surface area contributed by atoms with Gasteiger partial charge < -0.3 is 4.55 Å². The SMILES string of the molecule is Cc1cc(C)c2c(Cl)cc(-c3ccc(S(=O)O)cc3)nc2c1. The normalized spacial score (nSPS) is 12.5. The van der Waals surface area contributed by atoms with Crippen LogP contribution < -0.4 is 0 Å². The first-order valence-electron chi connectivity index (χ1n) is 6.74. The Bertz CT molecular complexity index is 891. The van der Waals surface area contributed by atoms with Gasteiger partial charge >= 0.3 is 0 Å². The van der Waals surface area contributed by atoms with Gasteiger partial charge in [-0.25, -0.2) is 9.19 Å². The van der Waals surface area contributed by atoms with Gasteiger partial charge in [0.15, 0.2) is 11.1 Å². The lowest BCUT2D eigenvalue weighted by atomic mass is 10.0. The Morgan fingerprint density at radius 1 is 1.09 bits per heavy atom. The highest BCUT2D eigenvalue weighted by Gasteiger charge is 2.09. The van der Waals surface area contributed by atoms with Crippen LogP contribution in [0.5, 0.6) is 0 Å². The third-order valence-corrected chi connectivity index (χ3v) is 4.53. The number of pyridine rings is 1. The van der Waals surface area contributed by atoms with Crippen LogP contribution in [0.1, 0.15) is 11.1 Å². The molecule has 0 aliphatic rings. The molecule has 0 fully saturated rings. The maximum absolute atomic E-state index is 11.0. The Kier molecular flexibility index (Phi) is 4.00. The Balaban J connectivity index is 2.17. The maximum Gasteiger partial charge on any atom is 0.186 e. The Hall–Kier alpha value is -1.75. The number of rotatable bonds is 2. The minimum Gasteiger partial charge on any atom is -0.302 e. The number of fused-ring (bicyclic) bond motifs is 1. The number of nitrogens with zero attached hydrogens (tertiary/aromatic N) is 1. The predicted molar refractivity (Wildman–Crippen MR) is 90.7 cm³/mol.